The Bertz CT molecular complexity index is 1300. The number of nitrogens with one attached hydrogen (secondary N) is 1. The molecular formula is C21H14ClFN4O3. The molecule has 1 atom stereocenters. The number of aromatic hydroxyl groups is 1. The van der Waals surface area contributed by atoms with E-state index in [4.69, 9.17) is 16.9 Å². The number of nitriles is 1. The predicted molar refractivity (Wildman–Crippen MR) is 111 cm³/mol. The summed E-state index contributed by atoms with van der Waals surface area (Å²) in [4.78, 5) is 19.1. The van der Waals surface area contributed by atoms with Gasteiger partial charge < -0.3 is 15.2 Å². The van der Waals surface area contributed by atoms with Gasteiger partial charge >= 0.3 is 5.69 Å². The molecule has 0 spiro atoms. The van der Waals surface area contributed by atoms with E-state index in [1.807, 2.05) is 6.07 Å². The van der Waals surface area contributed by atoms with E-state index in [1.54, 1.807) is 30.3 Å². The lowest BCUT2D eigenvalue weighted by Crippen LogP contribution is -2.25. The minimum Gasteiger partial charge on any atom is -0.493 e. The first-order valence-corrected chi connectivity index (χ1v) is 9.21. The van der Waals surface area contributed by atoms with E-state index in [1.165, 1.54) is 18.4 Å². The topological polar surface area (TPSA) is 114 Å². The normalized spacial score (nSPS) is 14.7. The molecule has 0 saturated heterocycles. The molecule has 3 N–H and O–H groups in total. The summed E-state index contributed by atoms with van der Waals surface area (Å²) in [7, 11) is 0. The van der Waals surface area contributed by atoms with Crippen molar-refractivity contribution < 1.29 is 14.6 Å². The Balaban J connectivity index is 1.76. The molecular weight excluding hydrogens is 411 g/mol. The highest BCUT2D eigenvalue weighted by Crippen LogP contribution is 2.38. The number of nitrogens with zero attached hydrogens (tertiary/aromatic N) is 3. The van der Waals surface area contributed by atoms with Gasteiger partial charge in [0.1, 0.15) is 11.4 Å². The van der Waals surface area contributed by atoms with Crippen LogP contribution < -0.4 is 5.69 Å². The number of fused-ring (bicyclic) bond motifs is 1. The van der Waals surface area contributed by atoms with Crippen molar-refractivity contribution in [2.75, 3.05) is 6.61 Å². The number of rotatable bonds is 4. The summed E-state index contributed by atoms with van der Waals surface area (Å²) in [6, 6.07) is 10.4. The summed E-state index contributed by atoms with van der Waals surface area (Å²) in [5, 5.41) is 29.4. The maximum atomic E-state index is 14.1. The van der Waals surface area contributed by atoms with Crippen LogP contribution in [0.25, 0.3) is 11.6 Å². The third-order valence-corrected chi connectivity index (χ3v) is 5.14. The van der Waals surface area contributed by atoms with Gasteiger partial charge in [0.15, 0.2) is 5.82 Å². The molecule has 2 heterocycles. The zero-order chi connectivity index (χ0) is 21.4. The van der Waals surface area contributed by atoms with Crippen LogP contribution >= 0.6 is 11.6 Å². The number of allylic oxidation sites excluding steroid dienone is 1. The SMILES string of the molecule is N#Cc1ccc(C(CO)n2c(O)c(C=C3C=Nc4c3ccc(Cl)c4F)[nH]c2=O)cc1. The molecule has 1 unspecified atom stereocenters. The molecule has 0 aliphatic carbocycles. The van der Waals surface area contributed by atoms with Gasteiger partial charge in [-0.25, -0.2) is 9.18 Å². The second-order valence-corrected chi connectivity index (χ2v) is 6.99. The second-order valence-electron chi connectivity index (χ2n) is 6.59. The Morgan fingerprint density at radius 3 is 2.70 bits per heavy atom. The van der Waals surface area contributed by atoms with E-state index < -0.39 is 30.0 Å². The summed E-state index contributed by atoms with van der Waals surface area (Å²) >= 11 is 5.78. The molecule has 3 aromatic rings. The Hall–Kier alpha value is -3.67. The summed E-state index contributed by atoms with van der Waals surface area (Å²) in [6.07, 6.45) is 2.87. The molecule has 0 amide bonds. The average Bonchev–Trinajstić information content (AvgIpc) is 3.28. The van der Waals surface area contributed by atoms with E-state index in [9.17, 15) is 19.4 Å². The molecule has 150 valence electrons. The van der Waals surface area contributed by atoms with Crippen LogP contribution in [-0.2, 0) is 0 Å². The number of aromatic amines is 1. The maximum absolute atomic E-state index is 14.1. The Morgan fingerprint density at radius 2 is 2.03 bits per heavy atom. The van der Waals surface area contributed by atoms with Gasteiger partial charge in [-0.1, -0.05) is 29.8 Å². The summed E-state index contributed by atoms with van der Waals surface area (Å²) in [6.45, 7) is -0.457. The monoisotopic (exact) mass is 424 g/mol. The van der Waals surface area contributed by atoms with Crippen LogP contribution in [0.15, 0.2) is 46.2 Å². The van der Waals surface area contributed by atoms with Crippen molar-refractivity contribution >= 4 is 35.2 Å². The van der Waals surface area contributed by atoms with Crippen LogP contribution in [0.5, 0.6) is 5.88 Å². The minimum atomic E-state index is -0.866. The zero-order valence-corrected chi connectivity index (χ0v) is 16.1. The van der Waals surface area contributed by atoms with E-state index in [-0.39, 0.29) is 16.4 Å². The number of aliphatic hydroxyl groups excluding tert-OH is 1. The summed E-state index contributed by atoms with van der Waals surface area (Å²) < 4.78 is 15.1. The smallest absolute Gasteiger partial charge is 0.329 e. The van der Waals surface area contributed by atoms with Crippen molar-refractivity contribution in [2.24, 2.45) is 4.99 Å². The minimum absolute atomic E-state index is 0.0530. The number of aromatic nitrogens is 2. The van der Waals surface area contributed by atoms with Crippen molar-refractivity contribution in [1.29, 1.82) is 5.26 Å². The molecule has 30 heavy (non-hydrogen) atoms. The largest absolute Gasteiger partial charge is 0.493 e. The van der Waals surface area contributed by atoms with Crippen LogP contribution in [0.4, 0.5) is 10.1 Å². The third-order valence-electron chi connectivity index (χ3n) is 4.85. The lowest BCUT2D eigenvalue weighted by molar-refractivity contribution is 0.237. The van der Waals surface area contributed by atoms with E-state index in [0.717, 1.165) is 4.57 Å². The van der Waals surface area contributed by atoms with Gasteiger partial charge in [0.25, 0.3) is 0 Å². The molecule has 4 rings (SSSR count). The Labute approximate surface area is 174 Å². The van der Waals surface area contributed by atoms with Gasteiger partial charge in [0.2, 0.25) is 5.88 Å². The summed E-state index contributed by atoms with van der Waals surface area (Å²) in [5.41, 5.74) is 1.44. The molecule has 0 fully saturated rings. The molecule has 1 aromatic heterocycles. The van der Waals surface area contributed by atoms with Gasteiger partial charge in [0, 0.05) is 17.4 Å². The van der Waals surface area contributed by atoms with Gasteiger partial charge in [-0.2, -0.15) is 5.26 Å². The molecule has 2 aromatic carbocycles. The highest BCUT2D eigenvalue weighted by molar-refractivity contribution is 6.31. The van der Waals surface area contributed by atoms with E-state index >= 15 is 0 Å². The lowest BCUT2D eigenvalue weighted by Gasteiger charge is -2.16. The van der Waals surface area contributed by atoms with Gasteiger partial charge in [-0.05, 0) is 29.8 Å². The average molecular weight is 425 g/mol. The highest BCUT2D eigenvalue weighted by atomic mass is 35.5. The van der Waals surface area contributed by atoms with Crippen LogP contribution in [0.1, 0.15) is 28.4 Å². The molecule has 9 heteroatoms. The van der Waals surface area contributed by atoms with Crippen molar-refractivity contribution in [1.82, 2.24) is 9.55 Å². The van der Waals surface area contributed by atoms with Crippen LogP contribution in [-0.4, -0.2) is 32.6 Å². The van der Waals surface area contributed by atoms with Gasteiger partial charge in [-0.15, -0.1) is 0 Å². The third kappa shape index (κ3) is 3.20. The first-order valence-electron chi connectivity index (χ1n) is 8.83. The molecule has 0 radical (unpaired) electrons. The fraction of sp³-hybridized carbons (Fsp3) is 0.0952. The zero-order valence-electron chi connectivity index (χ0n) is 15.3. The lowest BCUT2D eigenvalue weighted by atomic mass is 10.0. The molecule has 0 bridgehead atoms. The number of aliphatic imine (C=N–C) groups is 1. The van der Waals surface area contributed by atoms with Crippen LogP contribution in [0.2, 0.25) is 5.02 Å². The van der Waals surface area contributed by atoms with Crippen LogP contribution in [0.3, 0.4) is 0 Å². The maximum Gasteiger partial charge on any atom is 0.329 e. The predicted octanol–water partition coefficient (Wildman–Crippen LogP) is 3.38. The number of halogens is 2. The van der Waals surface area contributed by atoms with Gasteiger partial charge in [-0.3, -0.25) is 9.56 Å². The van der Waals surface area contributed by atoms with Crippen molar-refractivity contribution in [3.63, 3.8) is 0 Å². The Kier molecular flexibility index (Phi) is 4.99. The standard InChI is InChI=1S/C21H14ClFN4O3/c22-15-6-5-14-13(9-25-19(14)18(15)23)7-16-20(29)27(21(30)26-16)17(10-28)12-3-1-11(8-24)2-4-12/h1-7,9,17,28-29H,10H2,(H,26,30). The Morgan fingerprint density at radius 1 is 1.30 bits per heavy atom. The molecule has 1 aliphatic heterocycles. The molecule has 7 nitrogen and oxygen atoms in total. The number of hydrogen-bond acceptors (Lipinski definition) is 5. The second kappa shape index (κ2) is 7.63. The molecule has 1 aliphatic rings. The highest BCUT2D eigenvalue weighted by Gasteiger charge is 2.23. The number of imidazole rings is 1. The van der Waals surface area contributed by atoms with Crippen molar-refractivity contribution in [3.8, 4) is 11.9 Å². The number of H-pyrrole nitrogens is 1. The fourth-order valence-electron chi connectivity index (χ4n) is 3.34. The van der Waals surface area contributed by atoms with Crippen LogP contribution in [0, 0.1) is 17.1 Å². The fourth-order valence-corrected chi connectivity index (χ4v) is 3.49. The number of benzene rings is 2. The van der Waals surface area contributed by atoms with Crippen molar-refractivity contribution in [2.45, 2.75) is 6.04 Å². The van der Waals surface area contributed by atoms with Crippen molar-refractivity contribution in [3.05, 3.63) is 80.1 Å². The first-order chi connectivity index (χ1) is 14.4. The van der Waals surface area contributed by atoms with E-state index in [2.05, 4.69) is 9.98 Å². The van der Waals surface area contributed by atoms with E-state index in [0.29, 0.717) is 22.3 Å². The van der Waals surface area contributed by atoms with Gasteiger partial charge in [0.05, 0.1) is 29.3 Å². The number of aliphatic hydroxyl groups is 1. The quantitative estimate of drug-likeness (QED) is 0.595. The molecule has 0 saturated carbocycles. The number of hydrogen-bond donors (Lipinski definition) is 3. The first kappa shape index (κ1) is 19.6. The summed E-state index contributed by atoms with van der Waals surface area (Å²) in [5.74, 6) is -1.04.